The Kier molecular flexibility index (Phi) is 2.97. The van der Waals surface area contributed by atoms with E-state index in [1.807, 2.05) is 0 Å². The summed E-state index contributed by atoms with van der Waals surface area (Å²) in [5.41, 5.74) is -6.57. The molecule has 2 heterocycles. The predicted molar refractivity (Wildman–Crippen MR) is 53.6 cm³/mol. The predicted octanol–water partition coefficient (Wildman–Crippen LogP) is 0.411. The average molecular weight is 319 g/mol. The summed E-state index contributed by atoms with van der Waals surface area (Å²) in [5.74, 6) is -2.37. The van der Waals surface area contributed by atoms with E-state index in [0.29, 0.717) is 16.7 Å². The molecule has 0 aromatic rings. The van der Waals surface area contributed by atoms with Gasteiger partial charge >= 0.3 is 21.6 Å². The van der Waals surface area contributed by atoms with Crippen LogP contribution in [0.25, 0.3) is 0 Å². The molecule has 1 atom stereocenters. The topological polar surface area (TPSA) is 101 Å². The number of carbonyl (C=O) groups is 2. The van der Waals surface area contributed by atoms with Crippen molar-refractivity contribution < 1.29 is 40.5 Å². The summed E-state index contributed by atoms with van der Waals surface area (Å²) < 4.78 is 61.8. The van der Waals surface area contributed by atoms with Crippen molar-refractivity contribution in [2.45, 2.75) is 17.3 Å². The number of hydrogen-bond donors (Lipinski definition) is 1. The van der Waals surface area contributed by atoms with Gasteiger partial charge in [-0.3, -0.25) is 9.69 Å². The molecule has 0 aliphatic carbocycles. The lowest BCUT2D eigenvalue weighted by atomic mass is 10.2. The van der Waals surface area contributed by atoms with Crippen LogP contribution < -0.4 is 0 Å². The Morgan fingerprint density at radius 1 is 1.47 bits per heavy atom. The van der Waals surface area contributed by atoms with Crippen LogP contribution in [0.5, 0.6) is 0 Å². The molecule has 2 aliphatic heterocycles. The fourth-order valence-electron chi connectivity index (χ4n) is 1.42. The van der Waals surface area contributed by atoms with Gasteiger partial charge in [-0.15, -0.1) is 0 Å². The van der Waals surface area contributed by atoms with Gasteiger partial charge < -0.3 is 9.29 Å². The van der Waals surface area contributed by atoms with Crippen molar-refractivity contribution in [3.63, 3.8) is 0 Å². The Hall–Kier alpha value is -1.43. The van der Waals surface area contributed by atoms with Crippen LogP contribution >= 0.6 is 11.8 Å². The second-order valence-electron chi connectivity index (χ2n) is 3.46. The fraction of sp³-hybridized carbons (Fsp3) is 0.429. The van der Waals surface area contributed by atoms with Gasteiger partial charge in [0.1, 0.15) is 0 Å². The summed E-state index contributed by atoms with van der Waals surface area (Å²) >= 11 is 0.446. The first-order valence-electron chi connectivity index (χ1n) is 4.51. The van der Waals surface area contributed by atoms with E-state index in [-0.39, 0.29) is 6.42 Å². The Morgan fingerprint density at radius 3 is 2.47 bits per heavy atom. The molecule has 1 amide bonds. The molecule has 7 nitrogen and oxygen atoms in total. The molecule has 0 aromatic carbocycles. The molecule has 19 heavy (non-hydrogen) atoms. The van der Waals surface area contributed by atoms with Gasteiger partial charge in [0.2, 0.25) is 11.0 Å². The third-order valence-electron chi connectivity index (χ3n) is 2.25. The third kappa shape index (κ3) is 2.14. The van der Waals surface area contributed by atoms with Gasteiger partial charge in [0, 0.05) is 0 Å². The summed E-state index contributed by atoms with van der Waals surface area (Å²) in [7, 11) is -5.96. The van der Waals surface area contributed by atoms with E-state index in [0.717, 1.165) is 0 Å². The quantitative estimate of drug-likeness (QED) is 0.457. The van der Waals surface area contributed by atoms with E-state index < -0.39 is 43.7 Å². The first-order valence-corrected chi connectivity index (χ1v) is 6.80. The van der Waals surface area contributed by atoms with Crippen LogP contribution in [0.4, 0.5) is 13.2 Å². The van der Waals surface area contributed by atoms with E-state index in [1.165, 1.54) is 0 Å². The number of alkyl halides is 3. The largest absolute Gasteiger partial charge is 0.534 e. The van der Waals surface area contributed by atoms with E-state index in [1.54, 1.807) is 0 Å². The molecule has 12 heteroatoms. The number of fused-ring (bicyclic) bond motifs is 1. The van der Waals surface area contributed by atoms with Gasteiger partial charge in [0.15, 0.2) is 5.70 Å². The van der Waals surface area contributed by atoms with E-state index >= 15 is 0 Å². The lowest BCUT2D eigenvalue weighted by Crippen LogP contribution is -2.48. The summed E-state index contributed by atoms with van der Waals surface area (Å²) in [4.78, 5) is 22.7. The number of amides is 1. The number of carbonyl (C=O) groups excluding carboxylic acids is 1. The fourth-order valence-corrected chi connectivity index (χ4v) is 3.32. The van der Waals surface area contributed by atoms with Crippen LogP contribution in [-0.2, 0) is 23.9 Å². The van der Waals surface area contributed by atoms with Gasteiger partial charge in [-0.25, -0.2) is 4.79 Å². The van der Waals surface area contributed by atoms with E-state index in [2.05, 4.69) is 4.18 Å². The van der Waals surface area contributed by atoms with Crippen LogP contribution in [0.1, 0.15) is 6.42 Å². The molecular formula is C7H4F3NO6S2. The average Bonchev–Trinajstić information content (AvgIpc) is 2.48. The number of carboxylic acids is 1. The van der Waals surface area contributed by atoms with Crippen molar-refractivity contribution in [3.8, 4) is 0 Å². The zero-order chi connectivity index (χ0) is 14.6. The maximum Gasteiger partial charge on any atom is 0.534 e. The number of nitrogens with zero attached hydrogens (tertiary/aromatic N) is 1. The summed E-state index contributed by atoms with van der Waals surface area (Å²) in [5, 5.41) is 7.11. The van der Waals surface area contributed by atoms with Crippen LogP contribution in [0.15, 0.2) is 10.8 Å². The summed E-state index contributed by atoms with van der Waals surface area (Å²) in [6, 6.07) is 0. The molecule has 1 N–H and O–H groups in total. The number of β-lactam (4-membered cyclic amide) rings is 1. The van der Waals surface area contributed by atoms with Gasteiger partial charge in [-0.1, -0.05) is 11.8 Å². The lowest BCUT2D eigenvalue weighted by Gasteiger charge is -2.33. The zero-order valence-electron chi connectivity index (χ0n) is 8.67. The normalized spacial score (nSPS) is 23.2. The van der Waals surface area contributed by atoms with Crippen molar-refractivity contribution >= 4 is 33.8 Å². The lowest BCUT2D eigenvalue weighted by molar-refractivity contribution is -0.145. The van der Waals surface area contributed by atoms with Crippen LogP contribution in [0, 0.1) is 0 Å². The van der Waals surface area contributed by atoms with Crippen LogP contribution in [0.3, 0.4) is 0 Å². The summed E-state index contributed by atoms with van der Waals surface area (Å²) in [6.45, 7) is 0. The number of carboxylic acid groups (broad SMARTS) is 1. The van der Waals surface area contributed by atoms with Crippen molar-refractivity contribution in [3.05, 3.63) is 10.8 Å². The minimum atomic E-state index is -5.96. The number of aliphatic carboxylic acids is 1. The minimum Gasteiger partial charge on any atom is -0.476 e. The number of thioether (sulfide) groups is 1. The van der Waals surface area contributed by atoms with Gasteiger partial charge in [-0.05, 0) is 0 Å². The Morgan fingerprint density at radius 2 is 2.05 bits per heavy atom. The third-order valence-corrected chi connectivity index (χ3v) is 4.45. The Balaban J connectivity index is 2.36. The molecule has 0 saturated carbocycles. The van der Waals surface area contributed by atoms with Crippen LogP contribution in [-0.4, -0.2) is 41.2 Å². The molecule has 0 spiro atoms. The highest BCUT2D eigenvalue weighted by Gasteiger charge is 2.54. The first-order chi connectivity index (χ1) is 8.54. The molecule has 2 rings (SSSR count). The second kappa shape index (κ2) is 4.03. The number of hydrogen-bond acceptors (Lipinski definition) is 6. The van der Waals surface area contributed by atoms with E-state index in [9.17, 15) is 31.2 Å². The molecule has 106 valence electrons. The molecule has 0 unspecified atom stereocenters. The molecule has 0 aromatic heterocycles. The van der Waals surface area contributed by atoms with Crippen molar-refractivity contribution in [1.82, 2.24) is 4.90 Å². The monoisotopic (exact) mass is 319 g/mol. The standard InChI is InChI=1S/C7H4F3NO6S2/c8-7(9,10)19(15,16)17-6-4(5(13)14)11-2(12)1-3(11)18-6/h3H,1H2,(H,13,14)/t3-/m1/s1. The van der Waals surface area contributed by atoms with Crippen molar-refractivity contribution in [1.29, 1.82) is 0 Å². The van der Waals surface area contributed by atoms with Gasteiger partial charge in [0.25, 0.3) is 0 Å². The van der Waals surface area contributed by atoms with Gasteiger partial charge in [-0.2, -0.15) is 21.6 Å². The highest BCUT2D eigenvalue weighted by Crippen LogP contribution is 2.47. The summed E-state index contributed by atoms with van der Waals surface area (Å²) in [6.07, 6.45) is -0.0969. The van der Waals surface area contributed by atoms with E-state index in [4.69, 9.17) is 5.11 Å². The smallest absolute Gasteiger partial charge is 0.476 e. The van der Waals surface area contributed by atoms with Crippen LogP contribution in [0.2, 0.25) is 0 Å². The highest BCUT2D eigenvalue weighted by molar-refractivity contribution is 8.04. The zero-order valence-corrected chi connectivity index (χ0v) is 10.3. The molecule has 1 fully saturated rings. The second-order valence-corrected chi connectivity index (χ2v) is 6.15. The SMILES string of the molecule is O=C(O)C1=C(OS(=O)(=O)C(F)(F)F)S[C@@H]2CC(=O)N12. The maximum atomic E-state index is 12.1. The van der Waals surface area contributed by atoms with Gasteiger partial charge in [0.05, 0.1) is 11.8 Å². The molecule has 0 bridgehead atoms. The molecule has 2 aliphatic rings. The first kappa shape index (κ1) is 14.0. The molecule has 0 radical (unpaired) electrons. The minimum absolute atomic E-state index is 0.0969. The van der Waals surface area contributed by atoms with Crippen molar-refractivity contribution in [2.75, 3.05) is 0 Å². The Labute approximate surface area is 108 Å². The maximum absolute atomic E-state index is 12.1. The number of halogens is 3. The Bertz CT molecular complexity index is 594. The molecular weight excluding hydrogens is 315 g/mol. The highest BCUT2D eigenvalue weighted by atomic mass is 32.2. The van der Waals surface area contributed by atoms with Crippen molar-refractivity contribution in [2.24, 2.45) is 0 Å². The number of rotatable bonds is 3. The molecule has 1 saturated heterocycles.